The first-order chi connectivity index (χ1) is 13.4. The zero-order chi connectivity index (χ0) is 19.7. The number of aryl methyl sites for hydroxylation is 1. The molecule has 2 heterocycles. The fourth-order valence-corrected chi connectivity index (χ4v) is 6.51. The summed E-state index contributed by atoms with van der Waals surface area (Å²) in [6, 6.07) is 9.34. The maximum Gasteiger partial charge on any atom is 0.254 e. The molecule has 2 aromatic rings. The fourth-order valence-electron chi connectivity index (χ4n) is 4.09. The summed E-state index contributed by atoms with van der Waals surface area (Å²) in [5, 5.41) is 1.67. The van der Waals surface area contributed by atoms with Crippen LogP contribution in [-0.2, 0) is 16.4 Å². The highest BCUT2D eigenvalue weighted by Gasteiger charge is 2.28. The van der Waals surface area contributed by atoms with Gasteiger partial charge in [-0.3, -0.25) is 4.79 Å². The Morgan fingerprint density at radius 1 is 1.18 bits per heavy atom. The first-order valence-electron chi connectivity index (χ1n) is 9.92. The van der Waals surface area contributed by atoms with Crippen LogP contribution in [0.4, 0.5) is 0 Å². The Bertz CT molecular complexity index is 960. The van der Waals surface area contributed by atoms with Crippen LogP contribution in [0.15, 0.2) is 39.9 Å². The van der Waals surface area contributed by atoms with Crippen molar-refractivity contribution < 1.29 is 13.2 Å². The first-order valence-corrected chi connectivity index (χ1v) is 12.3. The molecule has 0 saturated carbocycles. The van der Waals surface area contributed by atoms with Crippen molar-refractivity contribution in [2.24, 2.45) is 5.92 Å². The minimum atomic E-state index is -3.66. The normalized spacial score (nSPS) is 20.8. The molecular weight excluding hydrogens is 392 g/mol. The van der Waals surface area contributed by atoms with Crippen molar-refractivity contribution >= 4 is 27.3 Å². The molecule has 1 N–H and O–H groups in total. The molecule has 4 rings (SSSR count). The molecule has 1 unspecified atom stereocenters. The molecule has 150 valence electrons. The SMILES string of the molecule is CC1CCN(C(=O)c2csc(S(=O)(=O)NC3CCCc4ccccc43)c2)CC1. The Labute approximate surface area is 170 Å². The molecule has 1 amide bonds. The number of nitrogens with zero attached hydrogens (tertiary/aromatic N) is 1. The van der Waals surface area contributed by atoms with E-state index in [1.165, 1.54) is 11.6 Å². The predicted molar refractivity (Wildman–Crippen MR) is 111 cm³/mol. The van der Waals surface area contributed by atoms with Crippen LogP contribution in [0.5, 0.6) is 0 Å². The van der Waals surface area contributed by atoms with Gasteiger partial charge in [0.25, 0.3) is 15.9 Å². The second-order valence-corrected chi connectivity index (χ2v) is 10.7. The largest absolute Gasteiger partial charge is 0.339 e. The van der Waals surface area contributed by atoms with E-state index in [0.717, 1.165) is 62.1 Å². The molecule has 1 atom stereocenters. The molecule has 1 aliphatic heterocycles. The van der Waals surface area contributed by atoms with Crippen molar-refractivity contribution in [3.8, 4) is 0 Å². The van der Waals surface area contributed by atoms with Crippen LogP contribution >= 0.6 is 11.3 Å². The van der Waals surface area contributed by atoms with E-state index in [0.29, 0.717) is 11.5 Å². The average Bonchev–Trinajstić information content (AvgIpc) is 3.19. The highest BCUT2D eigenvalue weighted by atomic mass is 32.2. The predicted octanol–water partition coefficient (Wildman–Crippen LogP) is 3.98. The number of nitrogens with one attached hydrogen (secondary N) is 1. The summed E-state index contributed by atoms with van der Waals surface area (Å²) in [6.07, 6.45) is 4.75. The van der Waals surface area contributed by atoms with Crippen LogP contribution in [0.2, 0.25) is 0 Å². The van der Waals surface area contributed by atoms with Gasteiger partial charge in [0.1, 0.15) is 4.21 Å². The van der Waals surface area contributed by atoms with Gasteiger partial charge in [0.15, 0.2) is 0 Å². The Morgan fingerprint density at radius 3 is 2.71 bits per heavy atom. The average molecular weight is 419 g/mol. The number of sulfonamides is 1. The summed E-state index contributed by atoms with van der Waals surface area (Å²) in [5.41, 5.74) is 2.75. The third-order valence-corrected chi connectivity index (χ3v) is 8.74. The number of carbonyl (C=O) groups excluding carboxylic acids is 1. The topological polar surface area (TPSA) is 66.5 Å². The highest BCUT2D eigenvalue weighted by Crippen LogP contribution is 2.32. The van der Waals surface area contributed by atoms with Crippen LogP contribution < -0.4 is 4.72 Å². The third kappa shape index (κ3) is 4.02. The minimum absolute atomic E-state index is 0.0624. The van der Waals surface area contributed by atoms with Gasteiger partial charge in [0, 0.05) is 24.5 Å². The molecule has 1 aromatic carbocycles. The molecule has 1 fully saturated rings. The monoisotopic (exact) mass is 418 g/mol. The van der Waals surface area contributed by atoms with Gasteiger partial charge in [-0.2, -0.15) is 0 Å². The molecular formula is C21H26N2O3S2. The summed E-state index contributed by atoms with van der Waals surface area (Å²) in [7, 11) is -3.66. The van der Waals surface area contributed by atoms with Crippen LogP contribution in [0.25, 0.3) is 0 Å². The summed E-state index contributed by atoms with van der Waals surface area (Å²) in [6.45, 7) is 3.69. The van der Waals surface area contributed by atoms with Gasteiger partial charge < -0.3 is 4.90 Å². The zero-order valence-electron chi connectivity index (χ0n) is 16.1. The van der Waals surface area contributed by atoms with Crippen molar-refractivity contribution in [3.63, 3.8) is 0 Å². The number of benzene rings is 1. The molecule has 7 heteroatoms. The van der Waals surface area contributed by atoms with Gasteiger partial charge in [-0.1, -0.05) is 31.2 Å². The Morgan fingerprint density at radius 2 is 1.93 bits per heavy atom. The molecule has 0 radical (unpaired) electrons. The molecule has 0 bridgehead atoms. The van der Waals surface area contributed by atoms with Crippen molar-refractivity contribution in [2.45, 2.75) is 49.3 Å². The van der Waals surface area contributed by atoms with Gasteiger partial charge in [0.2, 0.25) is 0 Å². The highest BCUT2D eigenvalue weighted by molar-refractivity contribution is 7.91. The quantitative estimate of drug-likeness (QED) is 0.817. The number of carbonyl (C=O) groups is 1. The fraction of sp³-hybridized carbons (Fsp3) is 0.476. The Balaban J connectivity index is 1.50. The van der Waals surface area contributed by atoms with Crippen molar-refractivity contribution in [3.05, 3.63) is 52.4 Å². The molecule has 0 spiro atoms. The van der Waals surface area contributed by atoms with Crippen molar-refractivity contribution in [1.82, 2.24) is 9.62 Å². The van der Waals surface area contributed by atoms with Crippen molar-refractivity contribution in [2.75, 3.05) is 13.1 Å². The lowest BCUT2D eigenvalue weighted by Gasteiger charge is -2.30. The first kappa shape index (κ1) is 19.6. The number of hydrogen-bond acceptors (Lipinski definition) is 4. The van der Waals surface area contributed by atoms with Crippen molar-refractivity contribution in [1.29, 1.82) is 0 Å². The van der Waals surface area contributed by atoms with Gasteiger partial charge in [0.05, 0.1) is 5.56 Å². The smallest absolute Gasteiger partial charge is 0.254 e. The van der Waals surface area contributed by atoms with Crippen LogP contribution in [-0.4, -0.2) is 32.3 Å². The van der Waals surface area contributed by atoms with E-state index >= 15 is 0 Å². The summed E-state index contributed by atoms with van der Waals surface area (Å²) in [5.74, 6) is 0.581. The number of rotatable bonds is 4. The van der Waals surface area contributed by atoms with Gasteiger partial charge in [-0.05, 0) is 55.2 Å². The minimum Gasteiger partial charge on any atom is -0.339 e. The second-order valence-electron chi connectivity index (χ2n) is 7.89. The van der Waals surface area contributed by atoms with E-state index in [9.17, 15) is 13.2 Å². The molecule has 1 aliphatic carbocycles. The number of likely N-dealkylation sites (tertiary alicyclic amines) is 1. The molecule has 1 aromatic heterocycles. The molecule has 5 nitrogen and oxygen atoms in total. The lowest BCUT2D eigenvalue weighted by atomic mass is 9.88. The number of amides is 1. The van der Waals surface area contributed by atoms with E-state index < -0.39 is 10.0 Å². The van der Waals surface area contributed by atoms with Gasteiger partial charge in [-0.15, -0.1) is 11.3 Å². The van der Waals surface area contributed by atoms with Crippen LogP contribution in [0, 0.1) is 5.92 Å². The number of fused-ring (bicyclic) bond motifs is 1. The maximum absolute atomic E-state index is 12.9. The second kappa shape index (κ2) is 7.97. The third-order valence-electron chi connectivity index (χ3n) is 5.82. The molecule has 2 aliphatic rings. The number of hydrogen-bond donors (Lipinski definition) is 1. The summed E-state index contributed by atoms with van der Waals surface area (Å²) >= 11 is 1.12. The standard InChI is InChI=1S/C21H26N2O3S2/c1-15-9-11-23(12-10-15)21(24)17-13-20(27-14-17)28(25,26)22-19-8-4-6-16-5-2-3-7-18(16)19/h2-3,5,7,13-15,19,22H,4,6,8-12H2,1H3. The van der Waals surface area contributed by atoms with E-state index in [1.54, 1.807) is 5.38 Å². The Hall–Kier alpha value is -1.70. The zero-order valence-corrected chi connectivity index (χ0v) is 17.7. The van der Waals surface area contributed by atoms with Gasteiger partial charge >= 0.3 is 0 Å². The lowest BCUT2D eigenvalue weighted by Crippen LogP contribution is -2.37. The van der Waals surface area contributed by atoms with E-state index in [-0.39, 0.29) is 16.2 Å². The summed E-state index contributed by atoms with van der Waals surface area (Å²) in [4.78, 5) is 14.6. The summed E-state index contributed by atoms with van der Waals surface area (Å²) < 4.78 is 29.0. The van der Waals surface area contributed by atoms with E-state index in [2.05, 4.69) is 17.7 Å². The van der Waals surface area contributed by atoms with E-state index in [4.69, 9.17) is 0 Å². The van der Waals surface area contributed by atoms with Gasteiger partial charge in [-0.25, -0.2) is 13.1 Å². The number of thiophene rings is 1. The van der Waals surface area contributed by atoms with E-state index in [1.807, 2.05) is 23.1 Å². The van der Waals surface area contributed by atoms with Crippen LogP contribution in [0.1, 0.15) is 60.1 Å². The number of piperidine rings is 1. The Kier molecular flexibility index (Phi) is 5.58. The lowest BCUT2D eigenvalue weighted by molar-refractivity contribution is 0.0697. The molecule has 1 saturated heterocycles. The van der Waals surface area contributed by atoms with Crippen LogP contribution in [0.3, 0.4) is 0 Å². The molecule has 28 heavy (non-hydrogen) atoms. The maximum atomic E-state index is 12.9.